The fourth-order valence-corrected chi connectivity index (χ4v) is 3.53. The van der Waals surface area contributed by atoms with E-state index in [9.17, 15) is 4.79 Å². The van der Waals surface area contributed by atoms with Gasteiger partial charge < -0.3 is 15.0 Å². The second-order valence-electron chi connectivity index (χ2n) is 7.20. The van der Waals surface area contributed by atoms with Gasteiger partial charge in [-0.25, -0.2) is 0 Å². The molecule has 1 aromatic heterocycles. The average Bonchev–Trinajstić information content (AvgIpc) is 2.80. The first kappa shape index (κ1) is 20.2. The van der Waals surface area contributed by atoms with Crippen molar-refractivity contribution in [1.82, 2.24) is 10.2 Å². The first-order chi connectivity index (χ1) is 14.7. The zero-order valence-corrected chi connectivity index (χ0v) is 17.3. The molecule has 1 aliphatic rings. The Morgan fingerprint density at radius 1 is 1.00 bits per heavy atom. The summed E-state index contributed by atoms with van der Waals surface area (Å²) in [5.41, 5.74) is 2.34. The summed E-state index contributed by atoms with van der Waals surface area (Å²) < 4.78 is 5.48. The van der Waals surface area contributed by atoms with E-state index in [2.05, 4.69) is 20.4 Å². The topological polar surface area (TPSA) is 67.3 Å². The standard InChI is InChI=1S/C23H23ClN4O2/c24-18-7-9-20(10-8-18)30-16-23(29)25-19-6-4-5-17(15-19)21-11-12-22(27-26-21)28-13-2-1-3-14-28/h4-12,15H,1-3,13-14,16H2,(H,25,29). The molecular weight excluding hydrogens is 400 g/mol. The number of ether oxygens (including phenoxy) is 1. The normalized spacial score (nSPS) is 13.7. The van der Waals surface area contributed by atoms with Crippen LogP contribution in [0.1, 0.15) is 19.3 Å². The Morgan fingerprint density at radius 2 is 1.80 bits per heavy atom. The minimum Gasteiger partial charge on any atom is -0.484 e. The van der Waals surface area contributed by atoms with Gasteiger partial charge in [0.25, 0.3) is 5.91 Å². The summed E-state index contributed by atoms with van der Waals surface area (Å²) in [5.74, 6) is 1.27. The molecule has 2 heterocycles. The molecule has 1 aliphatic heterocycles. The lowest BCUT2D eigenvalue weighted by Gasteiger charge is -2.27. The number of benzene rings is 2. The van der Waals surface area contributed by atoms with E-state index in [4.69, 9.17) is 16.3 Å². The largest absolute Gasteiger partial charge is 0.484 e. The summed E-state index contributed by atoms with van der Waals surface area (Å²) in [6.45, 7) is 1.98. The fraction of sp³-hybridized carbons (Fsp3) is 0.261. The van der Waals surface area contributed by atoms with Gasteiger partial charge in [0.1, 0.15) is 5.75 Å². The molecule has 1 amide bonds. The number of anilines is 2. The third-order valence-corrected chi connectivity index (χ3v) is 5.21. The second-order valence-corrected chi connectivity index (χ2v) is 7.63. The molecule has 0 spiro atoms. The first-order valence-corrected chi connectivity index (χ1v) is 10.4. The van der Waals surface area contributed by atoms with Crippen molar-refractivity contribution >= 4 is 29.0 Å². The van der Waals surface area contributed by atoms with Crippen LogP contribution in [0, 0.1) is 0 Å². The zero-order chi connectivity index (χ0) is 20.8. The van der Waals surface area contributed by atoms with Gasteiger partial charge in [-0.1, -0.05) is 23.7 Å². The maximum Gasteiger partial charge on any atom is 0.262 e. The molecule has 1 N–H and O–H groups in total. The van der Waals surface area contributed by atoms with E-state index in [1.807, 2.05) is 36.4 Å². The third kappa shape index (κ3) is 5.27. The first-order valence-electron chi connectivity index (χ1n) is 10.0. The number of aromatic nitrogens is 2. The average molecular weight is 423 g/mol. The minimum atomic E-state index is -0.242. The molecular formula is C23H23ClN4O2. The molecule has 1 fully saturated rings. The number of piperidine rings is 1. The van der Waals surface area contributed by atoms with E-state index in [1.165, 1.54) is 19.3 Å². The van der Waals surface area contributed by atoms with Crippen molar-refractivity contribution in [3.63, 3.8) is 0 Å². The quantitative estimate of drug-likeness (QED) is 0.617. The molecule has 6 nitrogen and oxygen atoms in total. The van der Waals surface area contributed by atoms with Gasteiger partial charge in [-0.3, -0.25) is 4.79 Å². The van der Waals surface area contributed by atoms with Crippen LogP contribution in [0.5, 0.6) is 5.75 Å². The van der Waals surface area contributed by atoms with Crippen LogP contribution in [0.3, 0.4) is 0 Å². The molecule has 0 saturated carbocycles. The molecule has 154 valence electrons. The molecule has 2 aromatic carbocycles. The highest BCUT2D eigenvalue weighted by Crippen LogP contribution is 2.23. The van der Waals surface area contributed by atoms with E-state index in [-0.39, 0.29) is 12.5 Å². The van der Waals surface area contributed by atoms with Crippen molar-refractivity contribution in [2.75, 3.05) is 29.9 Å². The van der Waals surface area contributed by atoms with Crippen LogP contribution in [-0.2, 0) is 4.79 Å². The van der Waals surface area contributed by atoms with Crippen molar-refractivity contribution in [3.8, 4) is 17.0 Å². The molecule has 0 unspecified atom stereocenters. The molecule has 4 rings (SSSR count). The van der Waals surface area contributed by atoms with Gasteiger partial charge in [0.15, 0.2) is 12.4 Å². The highest BCUT2D eigenvalue weighted by molar-refractivity contribution is 6.30. The van der Waals surface area contributed by atoms with Gasteiger partial charge in [-0.2, -0.15) is 0 Å². The summed E-state index contributed by atoms with van der Waals surface area (Å²) in [6, 6.07) is 18.4. The summed E-state index contributed by atoms with van der Waals surface area (Å²) in [6.07, 6.45) is 3.69. The summed E-state index contributed by atoms with van der Waals surface area (Å²) in [7, 11) is 0. The van der Waals surface area contributed by atoms with Crippen molar-refractivity contribution in [2.24, 2.45) is 0 Å². The Labute approximate surface area is 180 Å². The molecule has 1 saturated heterocycles. The molecule has 7 heteroatoms. The van der Waals surface area contributed by atoms with Crippen LogP contribution >= 0.6 is 11.6 Å². The number of nitrogens with one attached hydrogen (secondary N) is 1. The lowest BCUT2D eigenvalue weighted by atomic mass is 10.1. The number of carbonyl (C=O) groups is 1. The van der Waals surface area contributed by atoms with Gasteiger partial charge >= 0.3 is 0 Å². The Hall–Kier alpha value is -3.12. The highest BCUT2D eigenvalue weighted by Gasteiger charge is 2.13. The van der Waals surface area contributed by atoms with Gasteiger partial charge in [-0.05, 0) is 67.8 Å². The molecule has 3 aromatic rings. The van der Waals surface area contributed by atoms with Crippen molar-refractivity contribution < 1.29 is 9.53 Å². The maximum absolute atomic E-state index is 12.2. The highest BCUT2D eigenvalue weighted by atomic mass is 35.5. The van der Waals surface area contributed by atoms with Crippen LogP contribution < -0.4 is 15.0 Å². The molecule has 30 heavy (non-hydrogen) atoms. The SMILES string of the molecule is O=C(COc1ccc(Cl)cc1)Nc1cccc(-c2ccc(N3CCCCC3)nn2)c1. The number of halogens is 1. The Morgan fingerprint density at radius 3 is 2.53 bits per heavy atom. The Balaban J connectivity index is 1.37. The lowest BCUT2D eigenvalue weighted by Crippen LogP contribution is -2.30. The van der Waals surface area contributed by atoms with E-state index in [1.54, 1.807) is 24.3 Å². The number of hydrogen-bond donors (Lipinski definition) is 1. The van der Waals surface area contributed by atoms with Gasteiger partial charge in [0, 0.05) is 29.4 Å². The van der Waals surface area contributed by atoms with Crippen molar-refractivity contribution in [1.29, 1.82) is 0 Å². The number of nitrogens with zero attached hydrogens (tertiary/aromatic N) is 3. The van der Waals surface area contributed by atoms with Crippen LogP contribution in [0.15, 0.2) is 60.7 Å². The number of amides is 1. The number of carbonyl (C=O) groups excluding carboxylic acids is 1. The maximum atomic E-state index is 12.2. The van der Waals surface area contributed by atoms with Crippen LogP contribution in [0.25, 0.3) is 11.3 Å². The smallest absolute Gasteiger partial charge is 0.262 e. The second kappa shape index (κ2) is 9.59. The predicted octanol–water partition coefficient (Wildman–Crippen LogP) is 4.80. The summed E-state index contributed by atoms with van der Waals surface area (Å²) in [5, 5.41) is 12.3. The third-order valence-electron chi connectivity index (χ3n) is 4.96. The van der Waals surface area contributed by atoms with Crippen LogP contribution in [0.2, 0.25) is 5.02 Å². The van der Waals surface area contributed by atoms with E-state index in [0.29, 0.717) is 16.5 Å². The molecule has 0 bridgehead atoms. The van der Waals surface area contributed by atoms with Crippen LogP contribution in [0.4, 0.5) is 11.5 Å². The van der Waals surface area contributed by atoms with E-state index < -0.39 is 0 Å². The minimum absolute atomic E-state index is 0.0871. The monoisotopic (exact) mass is 422 g/mol. The molecule has 0 radical (unpaired) electrons. The number of rotatable bonds is 6. The predicted molar refractivity (Wildman–Crippen MR) is 119 cm³/mol. The molecule has 0 atom stereocenters. The fourth-order valence-electron chi connectivity index (χ4n) is 3.40. The zero-order valence-electron chi connectivity index (χ0n) is 16.6. The van der Waals surface area contributed by atoms with Crippen molar-refractivity contribution in [2.45, 2.75) is 19.3 Å². The summed E-state index contributed by atoms with van der Waals surface area (Å²) >= 11 is 5.85. The van der Waals surface area contributed by atoms with Gasteiger partial charge in [0.05, 0.1) is 5.69 Å². The number of hydrogen-bond acceptors (Lipinski definition) is 5. The Kier molecular flexibility index (Phi) is 6.44. The molecule has 0 aliphatic carbocycles. The van der Waals surface area contributed by atoms with Crippen LogP contribution in [-0.4, -0.2) is 35.8 Å². The van der Waals surface area contributed by atoms with E-state index >= 15 is 0 Å². The van der Waals surface area contributed by atoms with E-state index in [0.717, 1.165) is 30.2 Å². The Bertz CT molecular complexity index is 987. The summed E-state index contributed by atoms with van der Waals surface area (Å²) in [4.78, 5) is 14.5. The lowest BCUT2D eigenvalue weighted by molar-refractivity contribution is -0.118. The van der Waals surface area contributed by atoms with Gasteiger partial charge in [-0.15, -0.1) is 10.2 Å². The van der Waals surface area contributed by atoms with Crippen molar-refractivity contribution in [3.05, 3.63) is 65.7 Å². The van der Waals surface area contributed by atoms with Gasteiger partial charge in [0.2, 0.25) is 0 Å².